The van der Waals surface area contributed by atoms with Gasteiger partial charge in [0, 0.05) is 91.7 Å². The Labute approximate surface area is 705 Å². The van der Waals surface area contributed by atoms with Gasteiger partial charge in [0.1, 0.15) is 17.7 Å². The molecule has 0 unspecified atom stereocenters. The summed E-state index contributed by atoms with van der Waals surface area (Å²) in [6.45, 7) is 26.9. The number of aliphatic hydroxyl groups excluding tert-OH is 1. The molecule has 25 heteroatoms. The van der Waals surface area contributed by atoms with Crippen LogP contribution in [0.2, 0.25) is 0 Å². The van der Waals surface area contributed by atoms with Crippen LogP contribution in [0.15, 0.2) is 97.1 Å². The van der Waals surface area contributed by atoms with Crippen LogP contribution in [0.25, 0.3) is 22.3 Å². The molecule has 12 atom stereocenters. The van der Waals surface area contributed by atoms with E-state index in [2.05, 4.69) is 89.0 Å². The third kappa shape index (κ3) is 38.6. The summed E-state index contributed by atoms with van der Waals surface area (Å²) in [6, 6.07) is 26.9. The van der Waals surface area contributed by atoms with Gasteiger partial charge >= 0.3 is 6.09 Å². The van der Waals surface area contributed by atoms with Gasteiger partial charge in [0.15, 0.2) is 46.3 Å². The SMILES string of the molecule is CCCCC[C@H](NC(=O)[C@H](C)CC(=O)[C@@H](NC(=O)[C@H](CCNC(=O)OC(C)(C)C)CC(=O)c1ccc(-c2ccc(CCCC)cc2)cc1)[C@@H](C)OC(C)(C)C)C(=O)C[C@@H](C)C(=O)CCl.CCCCc1ccc(-c2ccc(C(=O)C[C@@H](CCN)C(=O)N[C@H](C(=O)C[C@@H](C)C(=O)N[C@@H](CCCCN)C(=O)C[C@@H](C)C(=O)CCl)[C@@H](C)O)cc2)cc1. The molecule has 0 aromatic heterocycles. The second kappa shape index (κ2) is 53.4. The number of nitrogens with one attached hydrogen (secondary N) is 5. The zero-order chi connectivity index (χ0) is 87.7. The molecule has 4 aromatic rings. The second-order valence-electron chi connectivity index (χ2n) is 33.2. The summed E-state index contributed by atoms with van der Waals surface area (Å²) in [4.78, 5) is 172. The summed E-state index contributed by atoms with van der Waals surface area (Å²) < 4.78 is 11.6. The van der Waals surface area contributed by atoms with Crippen molar-refractivity contribution in [2.24, 2.45) is 47.0 Å². The number of alkyl halides is 2. The smallest absolute Gasteiger partial charge is 0.407 e. The van der Waals surface area contributed by atoms with Crippen molar-refractivity contribution in [3.05, 3.63) is 119 Å². The van der Waals surface area contributed by atoms with Crippen LogP contribution in [0, 0.1) is 35.5 Å². The highest BCUT2D eigenvalue weighted by Crippen LogP contribution is 2.28. The van der Waals surface area contributed by atoms with E-state index in [-0.39, 0.29) is 111 Å². The topological polar surface area (TPSA) is 373 Å². The van der Waals surface area contributed by atoms with Crippen molar-refractivity contribution < 1.29 is 76.9 Å². The van der Waals surface area contributed by atoms with E-state index in [0.717, 1.165) is 73.6 Å². The van der Waals surface area contributed by atoms with E-state index in [1.165, 1.54) is 25.0 Å². The number of ether oxygens (including phenoxy) is 2. The Kier molecular flexibility index (Phi) is 47.0. The molecule has 4 rings (SSSR count). The number of carbonyl (C=O) groups excluding carboxylic acids is 13. The summed E-state index contributed by atoms with van der Waals surface area (Å²) in [7, 11) is 0. The first-order valence-corrected chi connectivity index (χ1v) is 43.0. The average molecular weight is 1670 g/mol. The van der Waals surface area contributed by atoms with Gasteiger partial charge in [-0.05, 0) is 166 Å². The van der Waals surface area contributed by atoms with E-state index >= 15 is 0 Å². The fourth-order valence-corrected chi connectivity index (χ4v) is 13.8. The lowest BCUT2D eigenvalue weighted by atomic mass is 9.91. The minimum atomic E-state index is -1.34. The predicted octanol–water partition coefficient (Wildman–Crippen LogP) is 14.3. The lowest BCUT2D eigenvalue weighted by molar-refractivity contribution is -0.139. The first-order chi connectivity index (χ1) is 55.2. The number of alkyl carbamates (subject to hydrolysis) is 1. The highest BCUT2D eigenvalue weighted by molar-refractivity contribution is 6.28. The Balaban J connectivity index is 0.000000616. The van der Waals surface area contributed by atoms with Crippen molar-refractivity contribution in [1.29, 1.82) is 0 Å². The number of carbonyl (C=O) groups is 13. The summed E-state index contributed by atoms with van der Waals surface area (Å²) in [6.07, 6.45) is 7.17. The fraction of sp³-hybridized carbons (Fsp3) is 0.598. The van der Waals surface area contributed by atoms with Crippen LogP contribution in [0.4, 0.5) is 4.79 Å². The summed E-state index contributed by atoms with van der Waals surface area (Å²) in [5, 5.41) is 24.2. The zero-order valence-electron chi connectivity index (χ0n) is 72.0. The molecule has 117 heavy (non-hydrogen) atoms. The number of amides is 5. The van der Waals surface area contributed by atoms with E-state index in [1.54, 1.807) is 72.7 Å². The van der Waals surface area contributed by atoms with Crippen LogP contribution in [0.1, 0.15) is 258 Å². The van der Waals surface area contributed by atoms with Crippen LogP contribution in [0.3, 0.4) is 0 Å². The lowest BCUT2D eigenvalue weighted by Gasteiger charge is -2.32. The van der Waals surface area contributed by atoms with Gasteiger partial charge in [-0.15, -0.1) is 23.2 Å². The Morgan fingerprint density at radius 3 is 1.13 bits per heavy atom. The van der Waals surface area contributed by atoms with E-state index < -0.39 is 124 Å². The normalized spacial score (nSPS) is 14.6. The van der Waals surface area contributed by atoms with Crippen LogP contribution in [0.5, 0.6) is 0 Å². The number of benzene rings is 4. The Morgan fingerprint density at radius 2 is 0.769 bits per heavy atom. The van der Waals surface area contributed by atoms with Gasteiger partial charge in [-0.3, -0.25) is 57.5 Å². The first-order valence-electron chi connectivity index (χ1n) is 41.9. The molecule has 0 fully saturated rings. The van der Waals surface area contributed by atoms with Crippen LogP contribution >= 0.6 is 23.2 Å². The van der Waals surface area contributed by atoms with Gasteiger partial charge in [-0.2, -0.15) is 0 Å². The summed E-state index contributed by atoms with van der Waals surface area (Å²) in [5.41, 5.74) is 17.3. The predicted molar refractivity (Wildman–Crippen MR) is 462 cm³/mol. The van der Waals surface area contributed by atoms with Gasteiger partial charge < -0.3 is 52.6 Å². The Hall–Kier alpha value is -8.19. The number of ketones is 8. The number of hydrogen-bond acceptors (Lipinski definition) is 18. The van der Waals surface area contributed by atoms with Gasteiger partial charge in [0.05, 0.1) is 41.7 Å². The van der Waals surface area contributed by atoms with E-state index in [0.29, 0.717) is 49.8 Å². The maximum atomic E-state index is 14.3. The molecule has 0 bridgehead atoms. The molecule has 0 saturated carbocycles. The molecular formula is C92H135Cl2N7O16. The van der Waals surface area contributed by atoms with Crippen molar-refractivity contribution in [1.82, 2.24) is 26.6 Å². The largest absolute Gasteiger partial charge is 0.444 e. The average Bonchev–Trinajstić information content (AvgIpc) is 0.819. The van der Waals surface area contributed by atoms with E-state index in [9.17, 15) is 67.4 Å². The van der Waals surface area contributed by atoms with Crippen LogP contribution < -0.4 is 38.1 Å². The van der Waals surface area contributed by atoms with Gasteiger partial charge in [0.2, 0.25) is 23.6 Å². The van der Waals surface area contributed by atoms with Gasteiger partial charge in [0.25, 0.3) is 0 Å². The first kappa shape index (κ1) is 103. The minimum absolute atomic E-state index is 0.00822. The second-order valence-corrected chi connectivity index (χ2v) is 33.8. The molecule has 648 valence electrons. The van der Waals surface area contributed by atoms with Crippen LogP contribution in [-0.4, -0.2) is 160 Å². The highest BCUT2D eigenvalue weighted by Gasteiger charge is 2.38. The zero-order valence-corrected chi connectivity index (χ0v) is 73.5. The number of aryl methyl sites for hydroxylation is 2. The van der Waals surface area contributed by atoms with Crippen molar-refractivity contribution in [2.75, 3.05) is 31.4 Å². The number of Topliss-reactive ketones (excluding diaryl/α,β-unsaturated/α-hetero) is 8. The number of halogens is 2. The highest BCUT2D eigenvalue weighted by atomic mass is 35.5. The summed E-state index contributed by atoms with van der Waals surface area (Å²) >= 11 is 11.4. The molecule has 0 aliphatic heterocycles. The van der Waals surface area contributed by atoms with Crippen molar-refractivity contribution in [3.63, 3.8) is 0 Å². The van der Waals surface area contributed by atoms with Gasteiger partial charge in [-0.1, -0.05) is 178 Å². The molecule has 23 nitrogen and oxygen atoms in total. The molecule has 0 heterocycles. The van der Waals surface area contributed by atoms with Gasteiger partial charge in [-0.25, -0.2) is 4.79 Å². The lowest BCUT2D eigenvalue weighted by Crippen LogP contribution is -2.53. The number of aliphatic hydroxyl groups is 1. The monoisotopic (exact) mass is 1660 g/mol. The van der Waals surface area contributed by atoms with Crippen molar-refractivity contribution in [2.45, 2.75) is 286 Å². The standard InChI is InChI=1S/C51H76ClN3O9.C41H59ClN4O7/c1-12-14-16-18-41(43(57)29-33(3)45(59)32-52)54-47(60)34(4)30-44(58)46(35(5)63-50(6,7)8)55-48(61)40(27-28-53-49(62)64-51(9,10)11)31-42(56)39-25-23-38(24-26-39)37-21-19-36(20-22-37)17-15-13-2;1-5-6-9-29-11-13-30(14-12-29)31-15-17-32(18-16-31)35(48)24-33(19-21-44)41(53)46-39(28(4)47)37(50)23-27(3)40(52)45-34(10-7-8-20-43)36(49)22-26(2)38(51)25-42/h19-26,33-35,40-41,46H,12-18,27-32H2,1-11H3,(H,53,62)(H,54,60)(H,55,61);11-18,26-28,33-34,39,47H,5-10,19-25,43-44H2,1-4H3,(H,45,52)(H,46,53)/t33-,34-,35-,40-,41+,46+;26-,27-,28-,33-,34+,39+/m11/s1. The molecule has 0 saturated heterocycles. The molecule has 4 aromatic carbocycles. The molecule has 10 N–H and O–H groups in total. The fourth-order valence-electron chi connectivity index (χ4n) is 13.3. The number of hydrogen-bond donors (Lipinski definition) is 8. The molecular weight excluding hydrogens is 1530 g/mol. The van der Waals surface area contributed by atoms with Crippen molar-refractivity contribution in [3.8, 4) is 22.3 Å². The summed E-state index contributed by atoms with van der Waals surface area (Å²) in [5.74, 6) is -10.3. The Bertz CT molecular complexity index is 3820. The van der Waals surface area contributed by atoms with Crippen LogP contribution in [-0.2, 0) is 70.3 Å². The molecule has 5 amide bonds. The quantitative estimate of drug-likeness (QED) is 0.0116. The maximum absolute atomic E-state index is 14.3. The molecule has 0 radical (unpaired) electrons. The molecule has 0 aliphatic carbocycles. The molecule has 0 aliphatic rings. The third-order valence-corrected chi connectivity index (χ3v) is 21.0. The number of nitrogens with two attached hydrogens (primary N) is 2. The minimum Gasteiger partial charge on any atom is -0.444 e. The number of unbranched alkanes of at least 4 members (excludes halogenated alkanes) is 5. The van der Waals surface area contributed by atoms with E-state index in [4.69, 9.17) is 44.1 Å². The van der Waals surface area contributed by atoms with Crippen molar-refractivity contribution >= 4 is 99.2 Å². The van der Waals surface area contributed by atoms with E-state index in [1.807, 2.05) is 52.0 Å². The number of rotatable bonds is 54. The molecule has 0 spiro atoms. The maximum Gasteiger partial charge on any atom is 0.407 e. The Morgan fingerprint density at radius 1 is 0.402 bits per heavy atom. The third-order valence-electron chi connectivity index (χ3n) is 20.4.